The summed E-state index contributed by atoms with van der Waals surface area (Å²) in [6.45, 7) is 1.52. The smallest absolute Gasteiger partial charge is 0.271 e. The van der Waals surface area contributed by atoms with Gasteiger partial charge < -0.3 is 9.88 Å². The largest absolute Gasteiger partial charge is 0.387 e. The normalized spacial score (nSPS) is 11.4. The molecule has 6 heteroatoms. The third-order valence-corrected chi connectivity index (χ3v) is 3.96. The summed E-state index contributed by atoms with van der Waals surface area (Å²) in [5.74, 6) is -0.0824. The van der Waals surface area contributed by atoms with Gasteiger partial charge in [-0.05, 0) is 6.07 Å². The van der Waals surface area contributed by atoms with Gasteiger partial charge in [-0.3, -0.25) is 4.79 Å². The summed E-state index contributed by atoms with van der Waals surface area (Å²) >= 11 is 0. The zero-order chi connectivity index (χ0) is 11.6. The van der Waals surface area contributed by atoms with Crippen LogP contribution in [0, 0.1) is 0 Å². The van der Waals surface area contributed by atoms with Crippen LogP contribution in [-0.4, -0.2) is 25.8 Å². The summed E-state index contributed by atoms with van der Waals surface area (Å²) in [5.41, 5.74) is -0.149. The van der Waals surface area contributed by atoms with E-state index in [2.05, 4.69) is 5.32 Å². The quantitative estimate of drug-likeness (QED) is 0.806. The topological polar surface area (TPSA) is 68.2 Å². The van der Waals surface area contributed by atoms with E-state index in [1.807, 2.05) is 0 Å². The van der Waals surface area contributed by atoms with E-state index in [-0.39, 0.29) is 10.6 Å². The van der Waals surface area contributed by atoms with E-state index < -0.39 is 15.4 Å². The molecule has 0 aliphatic heterocycles. The van der Waals surface area contributed by atoms with Crippen molar-refractivity contribution in [1.29, 1.82) is 0 Å². The van der Waals surface area contributed by atoms with E-state index >= 15 is 0 Å². The molecule has 0 fully saturated rings. The highest BCUT2D eigenvalue weighted by Gasteiger charge is 2.21. The third kappa shape index (κ3) is 2.04. The molecule has 1 heterocycles. The second-order valence-corrected chi connectivity index (χ2v) is 5.34. The van der Waals surface area contributed by atoms with Crippen molar-refractivity contribution in [3.8, 4) is 0 Å². The van der Waals surface area contributed by atoms with E-state index in [9.17, 15) is 13.2 Å². The Balaban J connectivity index is 3.66. The molecule has 0 spiro atoms. The zero-order valence-electron chi connectivity index (χ0n) is 8.94. The molecule has 0 aliphatic rings. The van der Waals surface area contributed by atoms with Gasteiger partial charge in [-0.1, -0.05) is 6.92 Å². The Morgan fingerprint density at radius 2 is 2.07 bits per heavy atom. The summed E-state index contributed by atoms with van der Waals surface area (Å²) in [4.78, 5) is 11.5. The van der Waals surface area contributed by atoms with Gasteiger partial charge in [0.2, 0.25) is 0 Å². The van der Waals surface area contributed by atoms with Gasteiger partial charge in [0.1, 0.15) is 0 Å². The molecule has 0 saturated carbocycles. The standard InChI is InChI=1S/C9H14N2O3S/c1-4-15(13,14)8-7(10-2)5-6-11(3)9(8)12/h5-6,10H,4H2,1-3H3. The number of hydrogen-bond acceptors (Lipinski definition) is 4. The highest BCUT2D eigenvalue weighted by Crippen LogP contribution is 2.16. The van der Waals surface area contributed by atoms with E-state index in [4.69, 9.17) is 0 Å². The summed E-state index contributed by atoms with van der Waals surface area (Å²) < 4.78 is 24.7. The van der Waals surface area contributed by atoms with Crippen LogP contribution in [-0.2, 0) is 16.9 Å². The van der Waals surface area contributed by atoms with Crippen LogP contribution in [0.25, 0.3) is 0 Å². The highest BCUT2D eigenvalue weighted by atomic mass is 32.2. The van der Waals surface area contributed by atoms with Crippen LogP contribution in [0.4, 0.5) is 5.69 Å². The van der Waals surface area contributed by atoms with Crippen molar-refractivity contribution in [2.24, 2.45) is 7.05 Å². The van der Waals surface area contributed by atoms with Gasteiger partial charge in [-0.15, -0.1) is 0 Å². The number of sulfone groups is 1. The minimum Gasteiger partial charge on any atom is -0.387 e. The molecule has 15 heavy (non-hydrogen) atoms. The predicted octanol–water partition coefficient (Wildman–Crippen LogP) is 0.221. The van der Waals surface area contributed by atoms with Crippen molar-refractivity contribution < 1.29 is 8.42 Å². The molecule has 1 aromatic rings. The molecule has 84 valence electrons. The van der Waals surface area contributed by atoms with Crippen molar-refractivity contribution in [3.63, 3.8) is 0 Å². The van der Waals surface area contributed by atoms with Crippen LogP contribution in [0.2, 0.25) is 0 Å². The van der Waals surface area contributed by atoms with Gasteiger partial charge in [-0.25, -0.2) is 8.42 Å². The second kappa shape index (κ2) is 4.06. The Labute approximate surface area is 88.7 Å². The number of nitrogens with one attached hydrogen (secondary N) is 1. The molecule has 0 amide bonds. The minimum absolute atomic E-state index is 0.0824. The minimum atomic E-state index is -3.49. The van der Waals surface area contributed by atoms with Crippen molar-refractivity contribution >= 4 is 15.5 Å². The lowest BCUT2D eigenvalue weighted by Crippen LogP contribution is -2.25. The number of aryl methyl sites for hydroxylation is 1. The molecular weight excluding hydrogens is 216 g/mol. The van der Waals surface area contributed by atoms with Crippen LogP contribution in [0.1, 0.15) is 6.92 Å². The fourth-order valence-corrected chi connectivity index (χ4v) is 2.45. The fraction of sp³-hybridized carbons (Fsp3) is 0.444. The predicted molar refractivity (Wildman–Crippen MR) is 59.0 cm³/mol. The molecule has 0 atom stereocenters. The fourth-order valence-electron chi connectivity index (χ4n) is 1.25. The first-order valence-electron chi connectivity index (χ1n) is 4.54. The van der Waals surface area contributed by atoms with Crippen molar-refractivity contribution in [2.45, 2.75) is 11.8 Å². The molecule has 5 nitrogen and oxygen atoms in total. The second-order valence-electron chi connectivity index (χ2n) is 3.13. The Morgan fingerprint density at radius 3 is 2.53 bits per heavy atom. The van der Waals surface area contributed by atoms with E-state index in [0.29, 0.717) is 5.69 Å². The number of pyridine rings is 1. The summed E-state index contributed by atoms with van der Waals surface area (Å²) in [5, 5.41) is 2.71. The molecule has 1 N–H and O–H groups in total. The zero-order valence-corrected chi connectivity index (χ0v) is 9.76. The molecule has 0 aliphatic carbocycles. The Bertz CT molecular complexity index is 517. The summed E-state index contributed by atoms with van der Waals surface area (Å²) in [6, 6.07) is 1.57. The van der Waals surface area contributed by atoms with E-state index in [1.165, 1.54) is 24.7 Å². The maximum absolute atomic E-state index is 11.7. The Kier molecular flexibility index (Phi) is 3.18. The first kappa shape index (κ1) is 11.8. The molecule has 1 rings (SSSR count). The lowest BCUT2D eigenvalue weighted by Gasteiger charge is -2.09. The average Bonchev–Trinajstić information content (AvgIpc) is 2.21. The lowest BCUT2D eigenvalue weighted by molar-refractivity contribution is 0.594. The van der Waals surface area contributed by atoms with Crippen molar-refractivity contribution in [2.75, 3.05) is 18.1 Å². The Hall–Kier alpha value is -1.30. The van der Waals surface area contributed by atoms with E-state index in [1.54, 1.807) is 13.1 Å². The summed E-state index contributed by atoms with van der Waals surface area (Å²) in [7, 11) is -0.379. The first-order chi connectivity index (χ1) is 6.94. The molecule has 0 radical (unpaired) electrons. The molecule has 0 unspecified atom stereocenters. The first-order valence-corrected chi connectivity index (χ1v) is 6.19. The molecule has 0 aromatic carbocycles. The van der Waals surface area contributed by atoms with Crippen LogP contribution in [0.5, 0.6) is 0 Å². The SMILES string of the molecule is CCS(=O)(=O)c1c(NC)ccn(C)c1=O. The number of nitrogens with zero attached hydrogens (tertiary/aromatic N) is 1. The monoisotopic (exact) mass is 230 g/mol. The number of anilines is 1. The van der Waals surface area contributed by atoms with Gasteiger partial charge in [-0.2, -0.15) is 0 Å². The highest BCUT2D eigenvalue weighted by molar-refractivity contribution is 7.91. The summed E-state index contributed by atoms with van der Waals surface area (Å²) in [6.07, 6.45) is 1.53. The van der Waals surface area contributed by atoms with Crippen LogP contribution in [0.3, 0.4) is 0 Å². The third-order valence-electron chi connectivity index (χ3n) is 2.18. The Morgan fingerprint density at radius 1 is 1.47 bits per heavy atom. The average molecular weight is 230 g/mol. The lowest BCUT2D eigenvalue weighted by atomic mass is 10.4. The van der Waals surface area contributed by atoms with Gasteiger partial charge in [0, 0.05) is 20.3 Å². The molecular formula is C9H14N2O3S. The number of rotatable bonds is 3. The van der Waals surface area contributed by atoms with Gasteiger partial charge in [0.15, 0.2) is 14.7 Å². The van der Waals surface area contributed by atoms with Gasteiger partial charge >= 0.3 is 0 Å². The number of aromatic nitrogens is 1. The molecule has 1 aromatic heterocycles. The number of hydrogen-bond donors (Lipinski definition) is 1. The van der Waals surface area contributed by atoms with Crippen molar-refractivity contribution in [3.05, 3.63) is 22.6 Å². The van der Waals surface area contributed by atoms with Gasteiger partial charge in [0.05, 0.1) is 11.4 Å². The van der Waals surface area contributed by atoms with Crippen LogP contribution in [0.15, 0.2) is 22.0 Å². The van der Waals surface area contributed by atoms with Crippen LogP contribution < -0.4 is 10.9 Å². The molecule has 0 saturated heterocycles. The van der Waals surface area contributed by atoms with E-state index in [0.717, 1.165) is 0 Å². The van der Waals surface area contributed by atoms with Gasteiger partial charge in [0.25, 0.3) is 5.56 Å². The van der Waals surface area contributed by atoms with Crippen LogP contribution >= 0.6 is 0 Å². The molecule has 0 bridgehead atoms. The maximum atomic E-state index is 11.7. The maximum Gasteiger partial charge on any atom is 0.271 e. The van der Waals surface area contributed by atoms with Crippen molar-refractivity contribution in [1.82, 2.24) is 4.57 Å².